The van der Waals surface area contributed by atoms with E-state index in [-0.39, 0.29) is 18.6 Å². The van der Waals surface area contributed by atoms with E-state index >= 15 is 0 Å². The van der Waals surface area contributed by atoms with Crippen molar-refractivity contribution in [2.45, 2.75) is 38.9 Å². The Morgan fingerprint density at radius 3 is 2.47 bits per heavy atom. The van der Waals surface area contributed by atoms with E-state index in [1.165, 1.54) is 30.3 Å². The van der Waals surface area contributed by atoms with Gasteiger partial charge in [0.2, 0.25) is 6.29 Å². The van der Waals surface area contributed by atoms with Crippen LogP contribution < -0.4 is 4.74 Å². The van der Waals surface area contributed by atoms with E-state index in [1.807, 2.05) is 31.2 Å². The third-order valence-electron chi connectivity index (χ3n) is 4.74. The van der Waals surface area contributed by atoms with Crippen molar-refractivity contribution in [3.63, 3.8) is 0 Å². The minimum Gasteiger partial charge on any atom is -0.461 e. The minimum atomic E-state index is -0.580. The van der Waals surface area contributed by atoms with Crippen LogP contribution in [0.15, 0.2) is 54.6 Å². The molecule has 2 aromatic carbocycles. The summed E-state index contributed by atoms with van der Waals surface area (Å²) in [6, 6.07) is 13.7. The Morgan fingerprint density at radius 2 is 1.78 bits per heavy atom. The Morgan fingerprint density at radius 1 is 1.03 bits per heavy atom. The van der Waals surface area contributed by atoms with E-state index < -0.39 is 24.2 Å². The molecule has 0 spiro atoms. The Kier molecular flexibility index (Phi) is 8.57. The second-order valence-electron chi connectivity index (χ2n) is 7.36. The van der Waals surface area contributed by atoms with Gasteiger partial charge in [0.1, 0.15) is 12.4 Å². The van der Waals surface area contributed by atoms with E-state index in [0.29, 0.717) is 18.8 Å². The summed E-state index contributed by atoms with van der Waals surface area (Å²) in [5.41, 5.74) is 2.31. The van der Waals surface area contributed by atoms with E-state index in [2.05, 4.69) is 0 Å². The topological polar surface area (TPSA) is 88.1 Å². The van der Waals surface area contributed by atoms with Gasteiger partial charge in [-0.1, -0.05) is 29.8 Å². The maximum absolute atomic E-state index is 12.1. The van der Waals surface area contributed by atoms with Crippen LogP contribution in [0.3, 0.4) is 0 Å². The highest BCUT2D eigenvalue weighted by atomic mass is 16.7. The number of rotatable bonds is 8. The van der Waals surface area contributed by atoms with Crippen molar-refractivity contribution in [3.05, 3.63) is 71.3 Å². The molecule has 3 rings (SSSR count). The van der Waals surface area contributed by atoms with Crippen molar-refractivity contribution in [2.75, 3.05) is 13.2 Å². The van der Waals surface area contributed by atoms with Gasteiger partial charge in [-0.2, -0.15) is 0 Å². The van der Waals surface area contributed by atoms with Crippen LogP contribution >= 0.6 is 0 Å². The van der Waals surface area contributed by atoms with Crippen molar-refractivity contribution >= 4 is 24.0 Å². The van der Waals surface area contributed by atoms with Gasteiger partial charge in [-0.05, 0) is 55.7 Å². The number of esters is 3. The molecule has 1 aliphatic rings. The molecule has 0 radical (unpaired) electrons. The van der Waals surface area contributed by atoms with Gasteiger partial charge in [0.25, 0.3) is 0 Å². The lowest BCUT2D eigenvalue weighted by Gasteiger charge is -2.22. The molecule has 1 saturated heterocycles. The highest BCUT2D eigenvalue weighted by Crippen LogP contribution is 2.16. The second kappa shape index (κ2) is 11.8. The van der Waals surface area contributed by atoms with Crippen molar-refractivity contribution in [1.82, 2.24) is 0 Å². The first kappa shape index (κ1) is 23.2. The number of hydrogen-bond acceptors (Lipinski definition) is 7. The molecular weight excluding hydrogens is 412 g/mol. The van der Waals surface area contributed by atoms with Crippen molar-refractivity contribution in [1.29, 1.82) is 0 Å². The smallest absolute Gasteiger partial charge is 0.338 e. The van der Waals surface area contributed by atoms with Crippen LogP contribution in [0.1, 0.15) is 47.2 Å². The third kappa shape index (κ3) is 7.67. The van der Waals surface area contributed by atoms with Gasteiger partial charge in [-0.25, -0.2) is 9.59 Å². The number of hydrogen-bond donors (Lipinski definition) is 0. The zero-order valence-electron chi connectivity index (χ0n) is 18.0. The average Bonchev–Trinajstić information content (AvgIpc) is 2.80. The molecule has 168 valence electrons. The van der Waals surface area contributed by atoms with Gasteiger partial charge < -0.3 is 18.9 Å². The SMILES string of the molecule is Cc1ccc(/C=C/C(=O)Oc2ccc(C(=O)OCCC(=O)OC3CCCCO3)cc2)cc1. The molecule has 2 aromatic rings. The van der Waals surface area contributed by atoms with Gasteiger partial charge in [-0.15, -0.1) is 0 Å². The van der Waals surface area contributed by atoms with Crippen molar-refractivity contribution < 1.29 is 33.3 Å². The summed E-state index contributed by atoms with van der Waals surface area (Å²) in [5, 5.41) is 0. The Bertz CT molecular complexity index is 939. The molecular formula is C25H26O7. The van der Waals surface area contributed by atoms with Crippen LogP contribution in [-0.4, -0.2) is 37.4 Å². The normalized spacial score (nSPS) is 15.8. The molecule has 0 amide bonds. The maximum atomic E-state index is 12.1. The zero-order chi connectivity index (χ0) is 22.8. The Labute approximate surface area is 186 Å². The predicted octanol–water partition coefficient (Wildman–Crippen LogP) is 4.23. The molecule has 0 saturated carbocycles. The van der Waals surface area contributed by atoms with Crippen molar-refractivity contribution in [3.8, 4) is 5.75 Å². The van der Waals surface area contributed by atoms with E-state index in [0.717, 1.165) is 24.0 Å². The summed E-state index contributed by atoms with van der Waals surface area (Å²) < 4.78 is 20.8. The van der Waals surface area contributed by atoms with Crippen LogP contribution in [0.4, 0.5) is 0 Å². The number of benzene rings is 2. The zero-order valence-corrected chi connectivity index (χ0v) is 18.0. The lowest BCUT2D eigenvalue weighted by molar-refractivity contribution is -0.187. The molecule has 0 aliphatic carbocycles. The fourth-order valence-electron chi connectivity index (χ4n) is 2.97. The summed E-state index contributed by atoms with van der Waals surface area (Å²) >= 11 is 0. The van der Waals surface area contributed by atoms with Crippen LogP contribution in [0.25, 0.3) is 6.08 Å². The fourth-order valence-corrected chi connectivity index (χ4v) is 2.97. The molecule has 7 heteroatoms. The summed E-state index contributed by atoms with van der Waals surface area (Å²) in [6.45, 7) is 2.48. The summed E-state index contributed by atoms with van der Waals surface area (Å²) in [6.07, 6.45) is 5.06. The Balaban J connectivity index is 1.40. The quantitative estimate of drug-likeness (QED) is 0.346. The van der Waals surface area contributed by atoms with E-state index in [9.17, 15) is 14.4 Å². The summed E-state index contributed by atoms with van der Waals surface area (Å²) in [4.78, 5) is 35.9. The van der Waals surface area contributed by atoms with Crippen LogP contribution in [0.5, 0.6) is 5.75 Å². The van der Waals surface area contributed by atoms with E-state index in [4.69, 9.17) is 18.9 Å². The molecule has 1 fully saturated rings. The molecule has 0 aromatic heterocycles. The number of carbonyl (C=O) groups is 3. The molecule has 0 bridgehead atoms. The van der Waals surface area contributed by atoms with Crippen LogP contribution in [0.2, 0.25) is 0 Å². The van der Waals surface area contributed by atoms with Gasteiger partial charge >= 0.3 is 17.9 Å². The standard InChI is InChI=1S/C25H26O7/c1-18-5-7-19(8-6-18)9-14-22(26)31-21-12-10-20(11-13-21)25(28)30-17-15-23(27)32-24-4-2-3-16-29-24/h5-14,24H,2-4,15-17H2,1H3/b14-9+. The summed E-state index contributed by atoms with van der Waals surface area (Å²) in [5.74, 6) is -1.27. The molecule has 32 heavy (non-hydrogen) atoms. The fraction of sp³-hybridized carbons (Fsp3) is 0.320. The van der Waals surface area contributed by atoms with Gasteiger partial charge in [0, 0.05) is 12.5 Å². The van der Waals surface area contributed by atoms with Gasteiger partial charge in [0.15, 0.2) is 0 Å². The number of ether oxygens (including phenoxy) is 4. The molecule has 1 heterocycles. The highest BCUT2D eigenvalue weighted by molar-refractivity contribution is 5.90. The second-order valence-corrected chi connectivity index (χ2v) is 7.36. The Hall–Kier alpha value is -3.45. The molecule has 0 N–H and O–H groups in total. The monoisotopic (exact) mass is 438 g/mol. The molecule has 7 nitrogen and oxygen atoms in total. The lowest BCUT2D eigenvalue weighted by Crippen LogP contribution is -2.26. The first-order valence-electron chi connectivity index (χ1n) is 10.5. The average molecular weight is 438 g/mol. The van der Waals surface area contributed by atoms with E-state index in [1.54, 1.807) is 6.08 Å². The van der Waals surface area contributed by atoms with Crippen LogP contribution in [0, 0.1) is 6.92 Å². The van der Waals surface area contributed by atoms with Crippen molar-refractivity contribution in [2.24, 2.45) is 0 Å². The van der Waals surface area contributed by atoms with Crippen LogP contribution in [-0.2, 0) is 23.8 Å². The lowest BCUT2D eigenvalue weighted by atomic mass is 10.1. The molecule has 1 atom stereocenters. The summed E-state index contributed by atoms with van der Waals surface area (Å²) in [7, 11) is 0. The third-order valence-corrected chi connectivity index (χ3v) is 4.74. The number of aryl methyl sites for hydroxylation is 1. The first-order valence-corrected chi connectivity index (χ1v) is 10.5. The van der Waals surface area contributed by atoms with Gasteiger partial charge in [-0.3, -0.25) is 4.79 Å². The highest BCUT2D eigenvalue weighted by Gasteiger charge is 2.18. The van der Waals surface area contributed by atoms with Gasteiger partial charge in [0.05, 0.1) is 18.6 Å². The molecule has 1 unspecified atom stereocenters. The number of carbonyl (C=O) groups excluding carboxylic acids is 3. The maximum Gasteiger partial charge on any atom is 0.338 e. The minimum absolute atomic E-state index is 0.0470. The predicted molar refractivity (Wildman–Crippen MR) is 117 cm³/mol. The largest absolute Gasteiger partial charge is 0.461 e. The first-order chi connectivity index (χ1) is 15.5. The molecule has 1 aliphatic heterocycles.